The Balaban J connectivity index is 3.19. The number of carbonyl (C=O) groups is 1. The first-order valence-corrected chi connectivity index (χ1v) is 3.71. The molecule has 0 rings (SSSR count). The highest BCUT2D eigenvalue weighted by Gasteiger charge is 1.92. The van der Waals surface area contributed by atoms with Crippen molar-refractivity contribution in [2.75, 3.05) is 12.5 Å². The smallest absolute Gasteiger partial charge is 0.305 e. The Kier molecular flexibility index (Phi) is 6.29. The third kappa shape index (κ3) is 5.63. The third-order valence-corrected chi connectivity index (χ3v) is 1.06. The molecule has 2 nitrogen and oxygen atoms in total. The molecular weight excluding hydrogens is 152 g/mol. The van der Waals surface area contributed by atoms with E-state index in [1.54, 1.807) is 19.1 Å². The zero-order chi connectivity index (χ0) is 7.82. The molecule has 0 amide bonds. The molecule has 0 heterocycles. The van der Waals surface area contributed by atoms with E-state index >= 15 is 0 Å². The van der Waals surface area contributed by atoms with Crippen LogP contribution in [0.25, 0.3) is 0 Å². The summed E-state index contributed by atoms with van der Waals surface area (Å²) >= 11 is 5.32. The lowest BCUT2D eigenvalue weighted by molar-refractivity contribution is -0.141. The van der Waals surface area contributed by atoms with Crippen molar-refractivity contribution in [3.63, 3.8) is 0 Å². The van der Waals surface area contributed by atoms with Gasteiger partial charge in [-0.25, -0.2) is 0 Å². The normalized spacial score (nSPS) is 10.2. The highest BCUT2D eigenvalue weighted by Crippen LogP contribution is 1.85. The second-order valence-corrected chi connectivity index (χ2v) is 1.97. The van der Waals surface area contributed by atoms with Crippen LogP contribution < -0.4 is 0 Å². The lowest BCUT2D eigenvalue weighted by Crippen LogP contribution is -2.01. The van der Waals surface area contributed by atoms with Gasteiger partial charge in [-0.1, -0.05) is 19.1 Å². The van der Waals surface area contributed by atoms with Gasteiger partial charge in [-0.05, 0) is 0 Å². The summed E-state index contributed by atoms with van der Waals surface area (Å²) in [4.78, 5) is 10.5. The fraction of sp³-hybridized carbons (Fsp3) is 0.571. The van der Waals surface area contributed by atoms with Crippen LogP contribution in [0, 0.1) is 0 Å². The molecule has 10 heavy (non-hydrogen) atoms. The van der Waals surface area contributed by atoms with E-state index < -0.39 is 0 Å². The Hall–Kier alpha value is -0.500. The lowest BCUT2D eigenvalue weighted by Gasteiger charge is -1.95. The van der Waals surface area contributed by atoms with Crippen LogP contribution in [0.5, 0.6) is 0 Å². The summed E-state index contributed by atoms with van der Waals surface area (Å²) in [5.41, 5.74) is 0. The molecule has 3 heteroatoms. The molecule has 58 valence electrons. The third-order valence-electron chi connectivity index (χ3n) is 0.885. The van der Waals surface area contributed by atoms with Gasteiger partial charge in [-0.2, -0.15) is 0 Å². The number of hydrogen-bond acceptors (Lipinski definition) is 2. The first-order valence-electron chi connectivity index (χ1n) is 3.17. The van der Waals surface area contributed by atoms with Crippen LogP contribution in [-0.2, 0) is 9.53 Å². The number of allylic oxidation sites excluding steroid dienone is 1. The molecule has 0 bridgehead atoms. The monoisotopic (exact) mass is 162 g/mol. The Morgan fingerprint density at radius 3 is 2.80 bits per heavy atom. The molecule has 0 radical (unpaired) electrons. The average Bonchev–Trinajstić information content (AvgIpc) is 1.98. The molecule has 0 atom stereocenters. The Morgan fingerprint density at radius 1 is 1.60 bits per heavy atom. The SMILES string of the molecule is CCC(=O)OC/C=C/CCl. The molecule has 0 aromatic carbocycles. The molecule has 0 spiro atoms. The number of carbonyl (C=O) groups excluding carboxylic acids is 1. The van der Waals surface area contributed by atoms with Crippen molar-refractivity contribution < 1.29 is 9.53 Å². The molecular formula is C7H11ClO2. The first kappa shape index (κ1) is 9.50. The van der Waals surface area contributed by atoms with Crippen LogP contribution in [0.3, 0.4) is 0 Å². The van der Waals surface area contributed by atoms with Crippen molar-refractivity contribution in [2.24, 2.45) is 0 Å². The predicted octanol–water partition coefficient (Wildman–Crippen LogP) is 1.73. The van der Waals surface area contributed by atoms with Crippen molar-refractivity contribution in [1.82, 2.24) is 0 Å². The number of hydrogen-bond donors (Lipinski definition) is 0. The molecule has 0 aliphatic carbocycles. The van der Waals surface area contributed by atoms with Gasteiger partial charge in [0.05, 0.1) is 0 Å². The van der Waals surface area contributed by atoms with Crippen LogP contribution in [0.1, 0.15) is 13.3 Å². The van der Waals surface area contributed by atoms with E-state index in [-0.39, 0.29) is 5.97 Å². The van der Waals surface area contributed by atoms with Crippen molar-refractivity contribution in [1.29, 1.82) is 0 Å². The van der Waals surface area contributed by atoms with E-state index in [0.717, 1.165) is 0 Å². The summed E-state index contributed by atoms with van der Waals surface area (Å²) in [5, 5.41) is 0. The zero-order valence-electron chi connectivity index (χ0n) is 5.97. The Morgan fingerprint density at radius 2 is 2.30 bits per heavy atom. The topological polar surface area (TPSA) is 26.3 Å². The van der Waals surface area contributed by atoms with Gasteiger partial charge in [0.25, 0.3) is 0 Å². The van der Waals surface area contributed by atoms with E-state index in [1.807, 2.05) is 0 Å². The van der Waals surface area contributed by atoms with Crippen LogP contribution >= 0.6 is 11.6 Å². The minimum atomic E-state index is -0.181. The average molecular weight is 163 g/mol. The summed E-state index contributed by atoms with van der Waals surface area (Å²) in [6.07, 6.45) is 3.89. The molecule has 0 saturated heterocycles. The summed E-state index contributed by atoms with van der Waals surface area (Å²) in [5.74, 6) is 0.281. The number of esters is 1. The van der Waals surface area contributed by atoms with Gasteiger partial charge in [0.2, 0.25) is 0 Å². The van der Waals surface area contributed by atoms with Crippen LogP contribution in [0.15, 0.2) is 12.2 Å². The fourth-order valence-electron chi connectivity index (χ4n) is 0.374. The maximum Gasteiger partial charge on any atom is 0.305 e. The largest absolute Gasteiger partial charge is 0.461 e. The number of alkyl halides is 1. The fourth-order valence-corrected chi connectivity index (χ4v) is 0.500. The second kappa shape index (κ2) is 6.62. The molecule has 0 saturated carbocycles. The number of rotatable bonds is 4. The standard InChI is InChI=1S/C7H11ClO2/c1-2-7(9)10-6-4-3-5-8/h3-4H,2,5-6H2,1H3/b4-3+. The maximum absolute atomic E-state index is 10.5. The quantitative estimate of drug-likeness (QED) is 0.358. The van der Waals surface area contributed by atoms with E-state index in [2.05, 4.69) is 0 Å². The molecule has 0 aromatic heterocycles. The van der Waals surface area contributed by atoms with Gasteiger partial charge < -0.3 is 4.74 Å². The summed E-state index contributed by atoms with van der Waals surface area (Å²) < 4.78 is 4.71. The van der Waals surface area contributed by atoms with E-state index in [0.29, 0.717) is 18.9 Å². The Bertz CT molecular complexity index is 121. The van der Waals surface area contributed by atoms with Crippen molar-refractivity contribution in [3.8, 4) is 0 Å². The number of halogens is 1. The lowest BCUT2D eigenvalue weighted by atomic mass is 10.5. The van der Waals surface area contributed by atoms with Crippen LogP contribution in [-0.4, -0.2) is 18.5 Å². The molecule has 0 aromatic rings. The van der Waals surface area contributed by atoms with Gasteiger partial charge in [-0.3, -0.25) is 4.79 Å². The minimum absolute atomic E-state index is 0.181. The van der Waals surface area contributed by atoms with Crippen molar-refractivity contribution in [2.45, 2.75) is 13.3 Å². The Labute approximate surface area is 65.8 Å². The van der Waals surface area contributed by atoms with Gasteiger partial charge in [-0.15, -0.1) is 11.6 Å². The highest BCUT2D eigenvalue weighted by atomic mass is 35.5. The van der Waals surface area contributed by atoms with Gasteiger partial charge in [0.15, 0.2) is 0 Å². The summed E-state index contributed by atoms with van der Waals surface area (Å²) in [6.45, 7) is 2.09. The number of ether oxygens (including phenoxy) is 1. The minimum Gasteiger partial charge on any atom is -0.461 e. The van der Waals surface area contributed by atoms with Crippen LogP contribution in [0.2, 0.25) is 0 Å². The summed E-state index contributed by atoms with van der Waals surface area (Å²) in [7, 11) is 0. The predicted molar refractivity (Wildman–Crippen MR) is 41.1 cm³/mol. The highest BCUT2D eigenvalue weighted by molar-refractivity contribution is 6.18. The van der Waals surface area contributed by atoms with Crippen LogP contribution in [0.4, 0.5) is 0 Å². The van der Waals surface area contributed by atoms with E-state index in [4.69, 9.17) is 16.3 Å². The van der Waals surface area contributed by atoms with E-state index in [1.165, 1.54) is 0 Å². The second-order valence-electron chi connectivity index (χ2n) is 1.66. The molecule has 0 N–H and O–H groups in total. The zero-order valence-corrected chi connectivity index (χ0v) is 6.73. The van der Waals surface area contributed by atoms with Gasteiger partial charge >= 0.3 is 5.97 Å². The maximum atomic E-state index is 10.5. The molecule has 0 aliphatic heterocycles. The molecule has 0 fully saturated rings. The van der Waals surface area contributed by atoms with Crippen molar-refractivity contribution in [3.05, 3.63) is 12.2 Å². The van der Waals surface area contributed by atoms with Crippen molar-refractivity contribution >= 4 is 17.6 Å². The van der Waals surface area contributed by atoms with Gasteiger partial charge in [0.1, 0.15) is 6.61 Å². The van der Waals surface area contributed by atoms with E-state index in [9.17, 15) is 4.79 Å². The van der Waals surface area contributed by atoms with Gasteiger partial charge in [0, 0.05) is 12.3 Å². The first-order chi connectivity index (χ1) is 4.81. The molecule has 0 aliphatic rings. The summed E-state index contributed by atoms with van der Waals surface area (Å²) in [6, 6.07) is 0. The molecule has 0 unspecified atom stereocenters.